The fourth-order valence-corrected chi connectivity index (χ4v) is 4.61. The number of amides is 2. The van der Waals surface area contributed by atoms with Crippen molar-refractivity contribution in [3.05, 3.63) is 66.7 Å². The highest BCUT2D eigenvalue weighted by Gasteiger charge is 2.40. The van der Waals surface area contributed by atoms with E-state index in [-0.39, 0.29) is 12.1 Å². The zero-order valence-electron chi connectivity index (χ0n) is 17.6. The molecule has 3 aromatic heterocycles. The van der Waals surface area contributed by atoms with E-state index in [0.717, 1.165) is 47.7 Å². The number of fused-ring (bicyclic) bond motifs is 5. The Morgan fingerprint density at radius 2 is 1.97 bits per heavy atom. The summed E-state index contributed by atoms with van der Waals surface area (Å²) in [5.41, 5.74) is 5.78. The molecule has 8 nitrogen and oxygen atoms in total. The van der Waals surface area contributed by atoms with Crippen LogP contribution in [0.3, 0.4) is 0 Å². The smallest absolute Gasteiger partial charge is 0.327 e. The van der Waals surface area contributed by atoms with Gasteiger partial charge in [-0.05, 0) is 49.7 Å². The van der Waals surface area contributed by atoms with Gasteiger partial charge in [0.15, 0.2) is 5.82 Å². The zero-order chi connectivity index (χ0) is 21.7. The van der Waals surface area contributed by atoms with Gasteiger partial charge in [-0.2, -0.15) is 0 Å². The first-order chi connectivity index (χ1) is 15.7. The minimum atomic E-state index is -0.202. The van der Waals surface area contributed by atoms with Crippen molar-refractivity contribution in [3.63, 3.8) is 0 Å². The Hall–Kier alpha value is -4.07. The summed E-state index contributed by atoms with van der Waals surface area (Å²) < 4.78 is 0. The van der Waals surface area contributed by atoms with Crippen molar-refractivity contribution in [2.45, 2.75) is 19.4 Å². The second kappa shape index (κ2) is 7.26. The van der Waals surface area contributed by atoms with Crippen LogP contribution in [0.15, 0.2) is 61.1 Å². The van der Waals surface area contributed by atoms with Gasteiger partial charge in [0, 0.05) is 42.9 Å². The number of carbonyl (C=O) groups excluding carboxylic acids is 1. The Kier molecular flexibility index (Phi) is 4.24. The molecule has 2 bridgehead atoms. The molecule has 2 amide bonds. The third-order valence-electron chi connectivity index (χ3n) is 6.10. The van der Waals surface area contributed by atoms with Crippen molar-refractivity contribution in [3.8, 4) is 11.3 Å². The maximum absolute atomic E-state index is 13.6. The summed E-state index contributed by atoms with van der Waals surface area (Å²) >= 11 is 0. The number of rotatable bonds is 2. The van der Waals surface area contributed by atoms with Crippen LogP contribution in [0.2, 0.25) is 0 Å². The number of anilines is 3. The maximum atomic E-state index is 13.6. The van der Waals surface area contributed by atoms with Crippen LogP contribution in [0, 0.1) is 6.92 Å². The van der Waals surface area contributed by atoms with E-state index in [4.69, 9.17) is 4.98 Å². The molecule has 1 N–H and O–H groups in total. The SMILES string of the molecule is Cc1cc(-c2ccc3c(n2)N(C(=O)Nc2cccc4nccnc24)[C@H]2CCN3C2)ccn1. The molecule has 1 aromatic carbocycles. The molecular formula is C24H21N7O. The summed E-state index contributed by atoms with van der Waals surface area (Å²) in [6.45, 7) is 3.68. The number of hydrogen-bond donors (Lipinski definition) is 1. The van der Waals surface area contributed by atoms with Gasteiger partial charge in [0.25, 0.3) is 0 Å². The van der Waals surface area contributed by atoms with Crippen LogP contribution in [0.25, 0.3) is 22.3 Å². The minimum Gasteiger partial charge on any atom is -0.366 e. The average molecular weight is 423 g/mol. The van der Waals surface area contributed by atoms with Gasteiger partial charge in [0.1, 0.15) is 5.52 Å². The largest absolute Gasteiger partial charge is 0.366 e. The van der Waals surface area contributed by atoms with Crippen molar-refractivity contribution in [1.29, 1.82) is 0 Å². The third-order valence-corrected chi connectivity index (χ3v) is 6.10. The van der Waals surface area contributed by atoms with Crippen molar-refractivity contribution in [2.24, 2.45) is 0 Å². The molecule has 0 unspecified atom stereocenters. The Labute approximate surface area is 185 Å². The van der Waals surface area contributed by atoms with Crippen LogP contribution in [-0.4, -0.2) is 45.1 Å². The van der Waals surface area contributed by atoms with E-state index in [1.54, 1.807) is 18.6 Å². The summed E-state index contributed by atoms with van der Waals surface area (Å²) in [4.78, 5) is 35.6. The zero-order valence-corrected chi connectivity index (χ0v) is 17.6. The third kappa shape index (κ3) is 3.03. The topological polar surface area (TPSA) is 87.1 Å². The molecule has 5 heterocycles. The second-order valence-electron chi connectivity index (χ2n) is 8.14. The van der Waals surface area contributed by atoms with Crippen molar-refractivity contribution < 1.29 is 4.79 Å². The highest BCUT2D eigenvalue weighted by molar-refractivity contribution is 6.08. The number of nitrogens with zero attached hydrogens (tertiary/aromatic N) is 6. The lowest BCUT2D eigenvalue weighted by atomic mass is 10.1. The van der Waals surface area contributed by atoms with Gasteiger partial charge in [-0.15, -0.1) is 0 Å². The van der Waals surface area contributed by atoms with Crippen molar-refractivity contribution in [1.82, 2.24) is 19.9 Å². The second-order valence-corrected chi connectivity index (χ2v) is 8.14. The number of urea groups is 1. The lowest BCUT2D eigenvalue weighted by Crippen LogP contribution is -2.48. The molecule has 158 valence electrons. The van der Waals surface area contributed by atoms with Gasteiger partial charge < -0.3 is 10.2 Å². The van der Waals surface area contributed by atoms with Crippen LogP contribution < -0.4 is 15.1 Å². The molecule has 1 saturated heterocycles. The molecule has 6 rings (SSSR count). The van der Waals surface area contributed by atoms with E-state index in [1.807, 2.05) is 48.2 Å². The van der Waals surface area contributed by atoms with E-state index in [2.05, 4.69) is 31.2 Å². The molecule has 2 aliphatic rings. The highest BCUT2D eigenvalue weighted by atomic mass is 16.2. The number of pyridine rings is 2. The van der Waals surface area contributed by atoms with Crippen LogP contribution in [0.4, 0.5) is 22.0 Å². The molecule has 32 heavy (non-hydrogen) atoms. The molecule has 1 atom stereocenters. The van der Waals surface area contributed by atoms with Gasteiger partial charge >= 0.3 is 6.03 Å². The number of para-hydroxylation sites is 1. The van der Waals surface area contributed by atoms with Gasteiger partial charge in [-0.25, -0.2) is 9.78 Å². The van der Waals surface area contributed by atoms with E-state index in [1.165, 1.54) is 0 Å². The maximum Gasteiger partial charge on any atom is 0.327 e. The Morgan fingerprint density at radius 3 is 2.88 bits per heavy atom. The summed E-state index contributed by atoms with van der Waals surface area (Å²) in [5.74, 6) is 0.689. The predicted octanol–water partition coefficient (Wildman–Crippen LogP) is 4.03. The summed E-state index contributed by atoms with van der Waals surface area (Å²) in [7, 11) is 0. The average Bonchev–Trinajstić information content (AvgIpc) is 3.23. The monoisotopic (exact) mass is 423 g/mol. The Bertz CT molecular complexity index is 1350. The summed E-state index contributed by atoms with van der Waals surface area (Å²) in [6.07, 6.45) is 5.97. The van der Waals surface area contributed by atoms with Gasteiger partial charge in [0.05, 0.1) is 28.6 Å². The van der Waals surface area contributed by atoms with Crippen molar-refractivity contribution in [2.75, 3.05) is 28.2 Å². The Balaban J connectivity index is 1.40. The molecular weight excluding hydrogens is 402 g/mol. The van der Waals surface area contributed by atoms with Crippen LogP contribution in [-0.2, 0) is 0 Å². The van der Waals surface area contributed by atoms with Crippen LogP contribution >= 0.6 is 0 Å². The standard InChI is InChI=1S/C24H21N7O/c1-15-13-16(7-9-25-15)18-5-6-21-23(28-18)31(17-8-12-30(21)14-17)24(32)29-20-4-2-3-19-22(20)27-11-10-26-19/h2-7,9-11,13,17H,8,12,14H2,1H3,(H,29,32)/t17-/m0/s1. The first-order valence-electron chi connectivity index (χ1n) is 10.7. The molecule has 0 spiro atoms. The predicted molar refractivity (Wildman–Crippen MR) is 124 cm³/mol. The Morgan fingerprint density at radius 1 is 1.06 bits per heavy atom. The number of aryl methyl sites for hydroxylation is 1. The normalized spacial score (nSPS) is 16.8. The molecule has 8 heteroatoms. The van der Waals surface area contributed by atoms with Gasteiger partial charge in [-0.1, -0.05) is 6.07 Å². The first-order valence-corrected chi connectivity index (χ1v) is 10.7. The van der Waals surface area contributed by atoms with Crippen LogP contribution in [0.5, 0.6) is 0 Å². The lowest BCUT2D eigenvalue weighted by molar-refractivity contribution is 0.255. The fraction of sp³-hybridized carbons (Fsp3) is 0.208. The molecule has 1 fully saturated rings. The lowest BCUT2D eigenvalue weighted by Gasteiger charge is -2.36. The quantitative estimate of drug-likeness (QED) is 0.524. The summed E-state index contributed by atoms with van der Waals surface area (Å²) in [6, 6.07) is 13.5. The number of nitrogens with one attached hydrogen (secondary N) is 1. The highest BCUT2D eigenvalue weighted by Crippen LogP contribution is 2.40. The fourth-order valence-electron chi connectivity index (χ4n) is 4.61. The van der Waals surface area contributed by atoms with E-state index in [0.29, 0.717) is 17.0 Å². The molecule has 0 saturated carbocycles. The first kappa shape index (κ1) is 18.7. The van der Waals surface area contributed by atoms with E-state index >= 15 is 0 Å². The molecule has 0 aliphatic carbocycles. The van der Waals surface area contributed by atoms with Gasteiger partial charge in [-0.3, -0.25) is 19.9 Å². The molecule has 0 radical (unpaired) electrons. The van der Waals surface area contributed by atoms with E-state index < -0.39 is 0 Å². The number of benzene rings is 1. The molecule has 4 aromatic rings. The minimum absolute atomic E-state index is 0.0745. The number of aromatic nitrogens is 4. The number of carbonyl (C=O) groups is 1. The molecule has 2 aliphatic heterocycles. The van der Waals surface area contributed by atoms with Gasteiger partial charge in [0.2, 0.25) is 0 Å². The van der Waals surface area contributed by atoms with Crippen molar-refractivity contribution >= 4 is 34.3 Å². The van der Waals surface area contributed by atoms with Crippen LogP contribution in [0.1, 0.15) is 12.1 Å². The van der Waals surface area contributed by atoms with E-state index in [9.17, 15) is 4.79 Å². The summed E-state index contributed by atoms with van der Waals surface area (Å²) in [5, 5.41) is 3.06. The number of hydrogen-bond acceptors (Lipinski definition) is 6.